The minimum absolute atomic E-state index is 0.370. The van der Waals surface area contributed by atoms with Crippen molar-refractivity contribution < 1.29 is 28.6 Å². The summed E-state index contributed by atoms with van der Waals surface area (Å²) in [5.41, 5.74) is 2.09. The Kier molecular flexibility index (Phi) is 5.96. The number of hydroxylamine groups is 1. The molecule has 0 bridgehead atoms. The highest BCUT2D eigenvalue weighted by Crippen LogP contribution is 2.52. The Balaban J connectivity index is 1.64. The fourth-order valence-corrected chi connectivity index (χ4v) is 4.83. The van der Waals surface area contributed by atoms with Gasteiger partial charge >= 0.3 is 0 Å². The molecule has 2 aliphatic rings. The molecular formula is C27H23N3O6. The fourth-order valence-electron chi connectivity index (χ4n) is 4.83. The van der Waals surface area contributed by atoms with Crippen molar-refractivity contribution in [3.63, 3.8) is 0 Å². The van der Waals surface area contributed by atoms with Gasteiger partial charge in [-0.2, -0.15) is 5.26 Å². The van der Waals surface area contributed by atoms with Gasteiger partial charge in [0.2, 0.25) is 11.7 Å². The lowest BCUT2D eigenvalue weighted by atomic mass is 9.89. The average molecular weight is 485 g/mol. The molecule has 36 heavy (non-hydrogen) atoms. The van der Waals surface area contributed by atoms with Crippen LogP contribution in [-0.2, 0) is 14.4 Å². The molecule has 0 N–H and O–H groups in total. The zero-order chi connectivity index (χ0) is 25.4. The molecule has 0 aliphatic carbocycles. The van der Waals surface area contributed by atoms with Gasteiger partial charge in [-0.1, -0.05) is 18.2 Å². The number of ether oxygens (including phenoxy) is 3. The zero-order valence-corrected chi connectivity index (χ0v) is 19.9. The Labute approximate surface area is 207 Å². The molecule has 3 aromatic carbocycles. The summed E-state index contributed by atoms with van der Waals surface area (Å²) in [6.07, 6.45) is -1.05. The summed E-state index contributed by atoms with van der Waals surface area (Å²) in [7, 11) is 4.53. The van der Waals surface area contributed by atoms with Gasteiger partial charge in [0.1, 0.15) is 12.0 Å². The third kappa shape index (κ3) is 3.51. The summed E-state index contributed by atoms with van der Waals surface area (Å²) in [5, 5.41) is 10.7. The van der Waals surface area contributed by atoms with Crippen LogP contribution >= 0.6 is 0 Å². The normalized spacial score (nSPS) is 20.8. The molecule has 0 saturated carbocycles. The first-order valence-corrected chi connectivity index (χ1v) is 11.2. The average Bonchev–Trinajstić information content (AvgIpc) is 3.43. The van der Waals surface area contributed by atoms with Gasteiger partial charge in [-0.15, -0.1) is 0 Å². The van der Waals surface area contributed by atoms with Crippen molar-refractivity contribution in [3.05, 3.63) is 77.9 Å². The number of nitrogens with zero attached hydrogens (tertiary/aromatic N) is 3. The van der Waals surface area contributed by atoms with Gasteiger partial charge in [0.15, 0.2) is 17.6 Å². The Hall–Kier alpha value is -4.55. The number of carbonyl (C=O) groups is 2. The number of imide groups is 1. The van der Waals surface area contributed by atoms with Crippen LogP contribution in [-0.4, -0.2) is 39.2 Å². The van der Waals surface area contributed by atoms with E-state index < -0.39 is 29.9 Å². The largest absolute Gasteiger partial charge is 0.493 e. The summed E-state index contributed by atoms with van der Waals surface area (Å²) in [6.45, 7) is 0. The van der Waals surface area contributed by atoms with E-state index in [0.717, 1.165) is 4.90 Å². The second kappa shape index (κ2) is 9.24. The Morgan fingerprint density at radius 1 is 0.806 bits per heavy atom. The van der Waals surface area contributed by atoms with Gasteiger partial charge in [-0.05, 0) is 48.5 Å². The first-order chi connectivity index (χ1) is 17.5. The molecule has 182 valence electrons. The Morgan fingerprint density at radius 2 is 1.50 bits per heavy atom. The molecule has 2 fully saturated rings. The van der Waals surface area contributed by atoms with E-state index in [2.05, 4.69) is 0 Å². The van der Waals surface area contributed by atoms with Crippen LogP contribution in [0.15, 0.2) is 66.7 Å². The Bertz CT molecular complexity index is 1350. The number of para-hydroxylation sites is 1. The molecule has 5 rings (SSSR count). The lowest BCUT2D eigenvalue weighted by molar-refractivity contribution is -0.126. The van der Waals surface area contributed by atoms with Crippen LogP contribution in [0.3, 0.4) is 0 Å². The number of anilines is 2. The Morgan fingerprint density at radius 3 is 2.11 bits per heavy atom. The first kappa shape index (κ1) is 23.2. The summed E-state index contributed by atoms with van der Waals surface area (Å²) in [5.74, 6) is -0.528. The van der Waals surface area contributed by atoms with Crippen LogP contribution in [0.1, 0.15) is 17.2 Å². The number of hydrogen-bond donors (Lipinski definition) is 0. The molecule has 2 aliphatic heterocycles. The number of rotatable bonds is 6. The second-order valence-corrected chi connectivity index (χ2v) is 8.25. The van der Waals surface area contributed by atoms with Gasteiger partial charge < -0.3 is 14.2 Å². The maximum Gasteiger partial charge on any atom is 0.266 e. The molecule has 9 nitrogen and oxygen atoms in total. The molecular weight excluding hydrogens is 462 g/mol. The van der Waals surface area contributed by atoms with Crippen LogP contribution in [0.5, 0.6) is 17.2 Å². The van der Waals surface area contributed by atoms with Crippen molar-refractivity contribution in [1.29, 1.82) is 5.26 Å². The third-order valence-corrected chi connectivity index (χ3v) is 6.43. The van der Waals surface area contributed by atoms with Crippen LogP contribution in [0.2, 0.25) is 0 Å². The van der Waals surface area contributed by atoms with Gasteiger partial charge in [-0.25, -0.2) is 9.96 Å². The predicted molar refractivity (Wildman–Crippen MR) is 130 cm³/mol. The molecule has 0 aromatic heterocycles. The van der Waals surface area contributed by atoms with Crippen molar-refractivity contribution in [2.24, 2.45) is 5.92 Å². The van der Waals surface area contributed by atoms with Gasteiger partial charge in [0.05, 0.1) is 44.3 Å². The number of benzene rings is 3. The molecule has 0 radical (unpaired) electrons. The number of hydrogen-bond acceptors (Lipinski definition) is 8. The van der Waals surface area contributed by atoms with Crippen molar-refractivity contribution in [3.8, 4) is 23.3 Å². The van der Waals surface area contributed by atoms with Crippen molar-refractivity contribution >= 4 is 23.2 Å². The number of methoxy groups -OCH3 is 3. The highest BCUT2D eigenvalue weighted by molar-refractivity contribution is 6.24. The van der Waals surface area contributed by atoms with Gasteiger partial charge in [-0.3, -0.25) is 14.4 Å². The fraction of sp³-hybridized carbons (Fsp3) is 0.222. The molecule has 3 atom stereocenters. The summed E-state index contributed by atoms with van der Waals surface area (Å²) in [4.78, 5) is 34.6. The van der Waals surface area contributed by atoms with Crippen molar-refractivity contribution in [1.82, 2.24) is 0 Å². The summed E-state index contributed by atoms with van der Waals surface area (Å²) < 4.78 is 16.7. The molecule has 0 unspecified atom stereocenters. The molecule has 3 aromatic rings. The molecule has 9 heteroatoms. The molecule has 2 amide bonds. The van der Waals surface area contributed by atoms with E-state index >= 15 is 0 Å². The van der Waals surface area contributed by atoms with Crippen molar-refractivity contribution in [2.75, 3.05) is 31.3 Å². The van der Waals surface area contributed by atoms with E-state index in [4.69, 9.17) is 24.3 Å². The maximum atomic E-state index is 13.8. The highest BCUT2D eigenvalue weighted by atomic mass is 16.7. The maximum absolute atomic E-state index is 13.8. The lowest BCUT2D eigenvalue weighted by Gasteiger charge is -2.30. The number of nitriles is 1. The monoisotopic (exact) mass is 485 g/mol. The lowest BCUT2D eigenvalue weighted by Crippen LogP contribution is -2.37. The van der Waals surface area contributed by atoms with E-state index in [9.17, 15) is 9.59 Å². The van der Waals surface area contributed by atoms with E-state index in [1.54, 1.807) is 41.5 Å². The standard InChI is InChI=1S/C27H23N3O6/c1-33-20-14-13-19(23(34-2)24(20)35-3)22-21-25(36-30(22)18-7-5-4-6-8-18)27(32)29(26(21)31)17-11-9-16(15-28)10-12-17/h4-14,21-22,25H,1-3H3/t21-,22-,25+/m1/s1. The van der Waals surface area contributed by atoms with Crippen LogP contribution in [0.4, 0.5) is 11.4 Å². The van der Waals surface area contributed by atoms with E-state index in [1.807, 2.05) is 36.4 Å². The SMILES string of the molecule is COc1ccc([C@@H]2[C@H]3C(=O)N(c4ccc(C#N)cc4)C(=O)[C@H]3ON2c2ccccc2)c(OC)c1OC. The molecule has 2 heterocycles. The van der Waals surface area contributed by atoms with E-state index in [1.165, 1.54) is 21.3 Å². The molecule has 0 spiro atoms. The quantitative estimate of drug-likeness (QED) is 0.488. The topological polar surface area (TPSA) is 101 Å². The predicted octanol–water partition coefficient (Wildman–Crippen LogP) is 3.64. The summed E-state index contributed by atoms with van der Waals surface area (Å²) in [6, 6.07) is 20.4. The number of amides is 2. The van der Waals surface area contributed by atoms with Crippen LogP contribution < -0.4 is 24.2 Å². The third-order valence-electron chi connectivity index (χ3n) is 6.43. The smallest absolute Gasteiger partial charge is 0.266 e. The highest BCUT2D eigenvalue weighted by Gasteiger charge is 2.61. The molecule has 2 saturated heterocycles. The van der Waals surface area contributed by atoms with Gasteiger partial charge in [0.25, 0.3) is 5.91 Å². The van der Waals surface area contributed by atoms with E-state index in [-0.39, 0.29) is 0 Å². The first-order valence-electron chi connectivity index (χ1n) is 11.2. The number of carbonyl (C=O) groups excluding carboxylic acids is 2. The van der Waals surface area contributed by atoms with Crippen molar-refractivity contribution in [2.45, 2.75) is 12.1 Å². The minimum atomic E-state index is -1.05. The minimum Gasteiger partial charge on any atom is -0.493 e. The second-order valence-electron chi connectivity index (χ2n) is 8.25. The van der Waals surface area contributed by atoms with Gasteiger partial charge in [0, 0.05) is 5.56 Å². The number of fused-ring (bicyclic) bond motifs is 1. The van der Waals surface area contributed by atoms with Crippen LogP contribution in [0, 0.1) is 17.2 Å². The van der Waals surface area contributed by atoms with Crippen LogP contribution in [0.25, 0.3) is 0 Å². The zero-order valence-electron chi connectivity index (χ0n) is 19.9. The summed E-state index contributed by atoms with van der Waals surface area (Å²) >= 11 is 0. The van der Waals surface area contributed by atoms with E-state index in [0.29, 0.717) is 39.8 Å².